The van der Waals surface area contributed by atoms with Gasteiger partial charge in [0, 0.05) is 12.1 Å². The van der Waals surface area contributed by atoms with Crippen molar-refractivity contribution >= 4 is 11.4 Å². The fourth-order valence-corrected chi connectivity index (χ4v) is 2.67. The van der Waals surface area contributed by atoms with E-state index in [1.165, 1.54) is 29.3 Å². The maximum absolute atomic E-state index is 13.8. The van der Waals surface area contributed by atoms with Crippen LogP contribution in [0.2, 0.25) is 0 Å². The zero-order chi connectivity index (χ0) is 14.1. The van der Waals surface area contributed by atoms with Crippen LogP contribution in [0.3, 0.4) is 0 Å². The number of nitrogens with zero attached hydrogens (tertiary/aromatic N) is 1. The van der Waals surface area contributed by atoms with Crippen molar-refractivity contribution in [3.63, 3.8) is 0 Å². The lowest BCUT2D eigenvalue weighted by Crippen LogP contribution is -2.21. The summed E-state index contributed by atoms with van der Waals surface area (Å²) in [6, 6.07) is 11.9. The second-order valence-corrected chi connectivity index (χ2v) is 4.91. The van der Waals surface area contributed by atoms with Crippen molar-refractivity contribution in [2.45, 2.75) is 18.9 Å². The first kappa shape index (κ1) is 12.6. The Labute approximate surface area is 115 Å². The molecule has 0 radical (unpaired) electrons. The highest BCUT2D eigenvalue weighted by molar-refractivity contribution is 5.63. The van der Waals surface area contributed by atoms with Crippen LogP contribution < -0.4 is 5.32 Å². The van der Waals surface area contributed by atoms with E-state index in [9.17, 15) is 14.5 Å². The van der Waals surface area contributed by atoms with Gasteiger partial charge in [-0.05, 0) is 30.0 Å². The second-order valence-electron chi connectivity index (χ2n) is 4.91. The number of nitro groups is 1. The van der Waals surface area contributed by atoms with Gasteiger partial charge in [-0.3, -0.25) is 10.1 Å². The number of rotatable bonds is 3. The summed E-state index contributed by atoms with van der Waals surface area (Å²) in [5, 5.41) is 14.0. The van der Waals surface area contributed by atoms with Gasteiger partial charge in [0.1, 0.15) is 5.69 Å². The van der Waals surface area contributed by atoms with Gasteiger partial charge < -0.3 is 5.32 Å². The molecule has 1 aliphatic carbocycles. The summed E-state index contributed by atoms with van der Waals surface area (Å²) in [5.41, 5.74) is 2.18. The van der Waals surface area contributed by atoms with Crippen LogP contribution in [-0.4, -0.2) is 11.0 Å². The molecule has 1 N–H and O–H groups in total. The van der Waals surface area contributed by atoms with Crippen molar-refractivity contribution < 1.29 is 9.31 Å². The van der Waals surface area contributed by atoms with Crippen LogP contribution in [0.15, 0.2) is 42.5 Å². The summed E-state index contributed by atoms with van der Waals surface area (Å²) >= 11 is 0. The molecule has 1 aliphatic rings. The summed E-state index contributed by atoms with van der Waals surface area (Å²) in [6.07, 6.45) is 1.50. The van der Waals surface area contributed by atoms with Crippen LogP contribution in [0.1, 0.15) is 11.1 Å². The van der Waals surface area contributed by atoms with Gasteiger partial charge in [0.15, 0.2) is 5.82 Å². The topological polar surface area (TPSA) is 55.2 Å². The lowest BCUT2D eigenvalue weighted by molar-refractivity contribution is -0.384. The number of para-hydroxylation sites is 1. The van der Waals surface area contributed by atoms with E-state index in [1.54, 1.807) is 0 Å². The second kappa shape index (κ2) is 4.92. The van der Waals surface area contributed by atoms with Crippen molar-refractivity contribution in [1.29, 1.82) is 0 Å². The zero-order valence-electron chi connectivity index (χ0n) is 10.7. The Morgan fingerprint density at radius 1 is 1.10 bits per heavy atom. The molecule has 5 heteroatoms. The lowest BCUT2D eigenvalue weighted by atomic mass is 10.1. The van der Waals surface area contributed by atoms with Gasteiger partial charge in [-0.2, -0.15) is 0 Å². The molecule has 0 bridgehead atoms. The van der Waals surface area contributed by atoms with Gasteiger partial charge in [0.2, 0.25) is 0 Å². The number of nitro benzene ring substituents is 1. The predicted octanol–water partition coefficient (Wildman–Crippen LogP) is 3.31. The predicted molar refractivity (Wildman–Crippen MR) is 74.3 cm³/mol. The smallest absolute Gasteiger partial charge is 0.295 e. The Kier molecular flexibility index (Phi) is 3.10. The van der Waals surface area contributed by atoms with Crippen LogP contribution in [0, 0.1) is 15.9 Å². The maximum Gasteiger partial charge on any atom is 0.295 e. The lowest BCUT2D eigenvalue weighted by Gasteiger charge is -2.14. The number of benzene rings is 2. The molecule has 3 rings (SSSR count). The fraction of sp³-hybridized carbons (Fsp3) is 0.200. The summed E-state index contributed by atoms with van der Waals surface area (Å²) in [6.45, 7) is 0. The van der Waals surface area contributed by atoms with E-state index in [0.717, 1.165) is 12.8 Å². The van der Waals surface area contributed by atoms with E-state index in [4.69, 9.17) is 0 Å². The molecule has 4 nitrogen and oxygen atoms in total. The third-order valence-corrected chi connectivity index (χ3v) is 3.59. The van der Waals surface area contributed by atoms with Crippen molar-refractivity contribution in [3.8, 4) is 0 Å². The summed E-state index contributed by atoms with van der Waals surface area (Å²) < 4.78 is 13.8. The standard InChI is InChI=1S/C15H13FN2O2/c16-13-6-3-7-14(18(19)20)15(13)17-12-8-10-4-1-2-5-11(10)9-12/h1-7,12,17H,8-9H2. The quantitative estimate of drug-likeness (QED) is 0.689. The van der Waals surface area contributed by atoms with Gasteiger partial charge in [-0.1, -0.05) is 30.3 Å². The minimum atomic E-state index is -0.588. The average molecular weight is 272 g/mol. The van der Waals surface area contributed by atoms with Gasteiger partial charge in [-0.15, -0.1) is 0 Å². The zero-order valence-corrected chi connectivity index (χ0v) is 10.7. The first-order chi connectivity index (χ1) is 9.65. The summed E-state index contributed by atoms with van der Waals surface area (Å²) in [4.78, 5) is 10.4. The molecular formula is C15H13FN2O2. The molecule has 0 atom stereocenters. The maximum atomic E-state index is 13.8. The number of anilines is 1. The minimum Gasteiger partial charge on any atom is -0.374 e. The van der Waals surface area contributed by atoms with E-state index in [-0.39, 0.29) is 17.4 Å². The Bertz CT molecular complexity index is 648. The highest BCUT2D eigenvalue weighted by Crippen LogP contribution is 2.31. The van der Waals surface area contributed by atoms with E-state index in [2.05, 4.69) is 5.32 Å². The molecule has 0 heterocycles. The Morgan fingerprint density at radius 2 is 1.75 bits per heavy atom. The number of hydrogen-bond acceptors (Lipinski definition) is 3. The molecule has 0 amide bonds. The van der Waals surface area contributed by atoms with Gasteiger partial charge >= 0.3 is 0 Å². The van der Waals surface area contributed by atoms with E-state index in [0.29, 0.717) is 0 Å². The molecule has 0 fully saturated rings. The molecule has 0 saturated carbocycles. The molecular weight excluding hydrogens is 259 g/mol. The largest absolute Gasteiger partial charge is 0.374 e. The highest BCUT2D eigenvalue weighted by Gasteiger charge is 2.25. The summed E-state index contributed by atoms with van der Waals surface area (Å²) in [5.74, 6) is -0.588. The van der Waals surface area contributed by atoms with Crippen molar-refractivity contribution in [2.75, 3.05) is 5.32 Å². The van der Waals surface area contributed by atoms with Gasteiger partial charge in [-0.25, -0.2) is 4.39 Å². The van der Waals surface area contributed by atoms with Gasteiger partial charge in [0.25, 0.3) is 5.69 Å². The monoisotopic (exact) mass is 272 g/mol. The van der Waals surface area contributed by atoms with E-state index >= 15 is 0 Å². The molecule has 0 aromatic heterocycles. The van der Waals surface area contributed by atoms with Crippen LogP contribution >= 0.6 is 0 Å². The molecule has 2 aromatic rings. The first-order valence-electron chi connectivity index (χ1n) is 6.41. The third kappa shape index (κ3) is 2.22. The SMILES string of the molecule is O=[N+]([O-])c1cccc(F)c1NC1Cc2ccccc2C1. The highest BCUT2D eigenvalue weighted by atomic mass is 19.1. The molecule has 0 aliphatic heterocycles. The Morgan fingerprint density at radius 3 is 2.35 bits per heavy atom. The average Bonchev–Trinajstić information content (AvgIpc) is 2.83. The van der Waals surface area contributed by atoms with E-state index in [1.807, 2.05) is 24.3 Å². The molecule has 20 heavy (non-hydrogen) atoms. The van der Waals surface area contributed by atoms with E-state index < -0.39 is 10.7 Å². The normalized spacial score (nSPS) is 14.1. The van der Waals surface area contributed by atoms with Crippen LogP contribution in [-0.2, 0) is 12.8 Å². The molecule has 102 valence electrons. The number of halogens is 1. The molecule has 2 aromatic carbocycles. The van der Waals surface area contributed by atoms with Crippen molar-refractivity contribution in [3.05, 3.63) is 69.5 Å². The Balaban J connectivity index is 1.85. The number of fused-ring (bicyclic) bond motifs is 1. The fourth-order valence-electron chi connectivity index (χ4n) is 2.67. The molecule has 0 spiro atoms. The van der Waals surface area contributed by atoms with Crippen LogP contribution in [0.5, 0.6) is 0 Å². The Hall–Kier alpha value is -2.43. The minimum absolute atomic E-state index is 0.0111. The summed E-state index contributed by atoms with van der Waals surface area (Å²) in [7, 11) is 0. The third-order valence-electron chi connectivity index (χ3n) is 3.59. The van der Waals surface area contributed by atoms with Crippen molar-refractivity contribution in [2.24, 2.45) is 0 Å². The van der Waals surface area contributed by atoms with Crippen LogP contribution in [0.4, 0.5) is 15.8 Å². The first-order valence-corrected chi connectivity index (χ1v) is 6.41. The number of hydrogen-bond donors (Lipinski definition) is 1. The van der Waals surface area contributed by atoms with Crippen LogP contribution in [0.25, 0.3) is 0 Å². The van der Waals surface area contributed by atoms with Crippen molar-refractivity contribution in [1.82, 2.24) is 0 Å². The van der Waals surface area contributed by atoms with Gasteiger partial charge in [0.05, 0.1) is 4.92 Å². The molecule has 0 saturated heterocycles. The molecule has 0 unspecified atom stereocenters. The number of nitrogens with one attached hydrogen (secondary N) is 1.